The van der Waals surface area contributed by atoms with Crippen LogP contribution in [0, 0.1) is 13.8 Å². The van der Waals surface area contributed by atoms with E-state index >= 15 is 0 Å². The molecule has 0 fully saturated rings. The molecule has 0 radical (unpaired) electrons. The van der Waals surface area contributed by atoms with E-state index in [9.17, 15) is 4.79 Å². The highest BCUT2D eigenvalue weighted by atomic mass is 32.1. The third-order valence-corrected chi connectivity index (χ3v) is 4.83. The molecule has 6 heteroatoms. The van der Waals surface area contributed by atoms with E-state index in [2.05, 4.69) is 29.1 Å². The predicted molar refractivity (Wildman–Crippen MR) is 87.9 cm³/mol. The topological polar surface area (TPSA) is 58.1 Å². The van der Waals surface area contributed by atoms with Crippen molar-refractivity contribution < 1.29 is 4.79 Å². The maximum Gasteiger partial charge on any atom is 0.224 e. The number of carbonyl (C=O) groups excluding carboxylic acids is 1. The molecule has 1 N–H and O–H groups in total. The number of aryl methyl sites for hydroxylation is 2. The third-order valence-electron chi connectivity index (χ3n) is 3.71. The lowest BCUT2D eigenvalue weighted by atomic mass is 10.2. The Morgan fingerprint density at radius 3 is 2.67 bits per heavy atom. The van der Waals surface area contributed by atoms with Crippen LogP contribution in [-0.2, 0) is 4.79 Å². The van der Waals surface area contributed by atoms with Crippen molar-refractivity contribution in [1.82, 2.24) is 14.9 Å². The SMILES string of the molecule is CCN(CC)C(=O)CCNc1ncnc2sc(C)c(C)c12. The first kappa shape index (κ1) is 15.7. The van der Waals surface area contributed by atoms with Gasteiger partial charge in [0, 0.05) is 30.9 Å². The lowest BCUT2D eigenvalue weighted by Crippen LogP contribution is -2.31. The Bertz CT molecular complexity index is 634. The van der Waals surface area contributed by atoms with E-state index in [0.29, 0.717) is 13.0 Å². The fourth-order valence-corrected chi connectivity index (χ4v) is 3.34. The summed E-state index contributed by atoms with van der Waals surface area (Å²) in [5, 5.41) is 4.36. The highest BCUT2D eigenvalue weighted by molar-refractivity contribution is 7.18. The van der Waals surface area contributed by atoms with Crippen molar-refractivity contribution in [3.63, 3.8) is 0 Å². The minimum absolute atomic E-state index is 0.177. The van der Waals surface area contributed by atoms with Crippen LogP contribution in [0.25, 0.3) is 10.2 Å². The molecule has 1 amide bonds. The molecule has 2 rings (SSSR count). The zero-order valence-corrected chi connectivity index (χ0v) is 13.9. The number of hydrogen-bond acceptors (Lipinski definition) is 5. The number of fused-ring (bicyclic) bond motifs is 1. The number of thiophene rings is 1. The maximum atomic E-state index is 12.0. The Kier molecular flexibility index (Phi) is 5.12. The molecular formula is C15H22N4OS. The number of nitrogens with zero attached hydrogens (tertiary/aromatic N) is 3. The van der Waals surface area contributed by atoms with Gasteiger partial charge in [-0.2, -0.15) is 0 Å². The second-order valence-electron chi connectivity index (χ2n) is 4.93. The summed E-state index contributed by atoms with van der Waals surface area (Å²) in [6.07, 6.45) is 2.06. The van der Waals surface area contributed by atoms with Crippen molar-refractivity contribution in [2.45, 2.75) is 34.1 Å². The van der Waals surface area contributed by atoms with E-state index in [0.717, 1.165) is 29.1 Å². The lowest BCUT2D eigenvalue weighted by molar-refractivity contribution is -0.130. The fourth-order valence-electron chi connectivity index (χ4n) is 2.34. The van der Waals surface area contributed by atoms with E-state index in [1.54, 1.807) is 17.7 Å². The summed E-state index contributed by atoms with van der Waals surface area (Å²) in [5.74, 6) is 1.00. The van der Waals surface area contributed by atoms with Crippen LogP contribution in [0.15, 0.2) is 6.33 Å². The number of anilines is 1. The van der Waals surface area contributed by atoms with Crippen molar-refractivity contribution in [2.75, 3.05) is 25.0 Å². The molecule has 0 unspecified atom stereocenters. The van der Waals surface area contributed by atoms with Crippen LogP contribution >= 0.6 is 11.3 Å². The van der Waals surface area contributed by atoms with E-state index in [4.69, 9.17) is 0 Å². The average molecular weight is 306 g/mol. The highest BCUT2D eigenvalue weighted by Gasteiger charge is 2.13. The average Bonchev–Trinajstić information content (AvgIpc) is 2.76. The molecule has 0 aliphatic heterocycles. The molecule has 5 nitrogen and oxygen atoms in total. The van der Waals surface area contributed by atoms with Gasteiger partial charge >= 0.3 is 0 Å². The van der Waals surface area contributed by atoms with Crippen molar-refractivity contribution in [2.24, 2.45) is 0 Å². The van der Waals surface area contributed by atoms with Crippen LogP contribution in [0.1, 0.15) is 30.7 Å². The highest BCUT2D eigenvalue weighted by Crippen LogP contribution is 2.32. The number of nitrogens with one attached hydrogen (secondary N) is 1. The van der Waals surface area contributed by atoms with Crippen LogP contribution in [-0.4, -0.2) is 40.4 Å². The molecule has 0 atom stereocenters. The Morgan fingerprint density at radius 1 is 1.29 bits per heavy atom. The normalized spacial score (nSPS) is 10.9. The van der Waals surface area contributed by atoms with Crippen molar-refractivity contribution in [1.29, 1.82) is 0 Å². The summed E-state index contributed by atoms with van der Waals surface area (Å²) in [6, 6.07) is 0. The Hall–Kier alpha value is -1.69. The molecule has 114 valence electrons. The van der Waals surface area contributed by atoms with E-state index in [1.807, 2.05) is 18.7 Å². The minimum Gasteiger partial charge on any atom is -0.369 e. The van der Waals surface area contributed by atoms with Gasteiger partial charge in [-0.1, -0.05) is 0 Å². The molecule has 0 bridgehead atoms. The zero-order chi connectivity index (χ0) is 15.4. The van der Waals surface area contributed by atoms with E-state index < -0.39 is 0 Å². The predicted octanol–water partition coefficient (Wildman–Crippen LogP) is 2.98. The van der Waals surface area contributed by atoms with Crippen LogP contribution in [0.2, 0.25) is 0 Å². The monoisotopic (exact) mass is 306 g/mol. The van der Waals surface area contributed by atoms with Gasteiger partial charge in [0.25, 0.3) is 0 Å². The maximum absolute atomic E-state index is 12.0. The third kappa shape index (κ3) is 3.32. The second kappa shape index (κ2) is 6.85. The lowest BCUT2D eigenvalue weighted by Gasteiger charge is -2.18. The summed E-state index contributed by atoms with van der Waals surface area (Å²) in [6.45, 7) is 10.3. The zero-order valence-electron chi connectivity index (χ0n) is 13.1. The van der Waals surface area contributed by atoms with Crippen LogP contribution < -0.4 is 5.32 Å². The number of amides is 1. The molecule has 2 aromatic rings. The summed E-state index contributed by atoms with van der Waals surface area (Å²) >= 11 is 1.68. The molecule has 0 aliphatic carbocycles. The van der Waals surface area contributed by atoms with Gasteiger partial charge in [-0.15, -0.1) is 11.3 Å². The first-order valence-corrected chi connectivity index (χ1v) is 8.12. The quantitative estimate of drug-likeness (QED) is 0.891. The van der Waals surface area contributed by atoms with E-state index in [1.165, 1.54) is 10.4 Å². The van der Waals surface area contributed by atoms with Crippen LogP contribution in [0.3, 0.4) is 0 Å². The van der Waals surface area contributed by atoms with Crippen LogP contribution in [0.5, 0.6) is 0 Å². The van der Waals surface area contributed by atoms with Gasteiger partial charge in [0.1, 0.15) is 17.0 Å². The molecule has 0 aromatic carbocycles. The molecule has 0 aliphatic rings. The molecule has 0 saturated carbocycles. The molecule has 0 spiro atoms. The first-order chi connectivity index (χ1) is 10.1. The van der Waals surface area contributed by atoms with Crippen molar-refractivity contribution in [3.8, 4) is 0 Å². The standard InChI is InChI=1S/C15H22N4OS/c1-5-19(6-2)12(20)7-8-16-14-13-10(3)11(4)21-15(13)18-9-17-14/h9H,5-8H2,1-4H3,(H,16,17,18). The largest absolute Gasteiger partial charge is 0.369 e. The van der Waals surface area contributed by atoms with Gasteiger partial charge in [-0.25, -0.2) is 9.97 Å². The summed E-state index contributed by atoms with van der Waals surface area (Å²) in [5.41, 5.74) is 1.22. The number of hydrogen-bond donors (Lipinski definition) is 1. The second-order valence-corrected chi connectivity index (χ2v) is 6.13. The summed E-state index contributed by atoms with van der Waals surface area (Å²) in [7, 11) is 0. The molecule has 21 heavy (non-hydrogen) atoms. The smallest absolute Gasteiger partial charge is 0.224 e. The Morgan fingerprint density at radius 2 is 2.00 bits per heavy atom. The van der Waals surface area contributed by atoms with E-state index in [-0.39, 0.29) is 5.91 Å². The van der Waals surface area contributed by atoms with Gasteiger partial charge in [-0.3, -0.25) is 4.79 Å². The van der Waals surface area contributed by atoms with Crippen molar-refractivity contribution >= 4 is 33.3 Å². The summed E-state index contributed by atoms with van der Waals surface area (Å²) in [4.78, 5) is 24.7. The number of rotatable bonds is 6. The molecular weight excluding hydrogens is 284 g/mol. The minimum atomic E-state index is 0.177. The first-order valence-electron chi connectivity index (χ1n) is 7.30. The molecule has 2 aromatic heterocycles. The van der Waals surface area contributed by atoms with Crippen LogP contribution in [0.4, 0.5) is 5.82 Å². The van der Waals surface area contributed by atoms with Gasteiger partial charge in [0.2, 0.25) is 5.91 Å². The number of carbonyl (C=O) groups is 1. The Labute approximate surface area is 129 Å². The van der Waals surface area contributed by atoms with Gasteiger partial charge in [-0.05, 0) is 33.3 Å². The fraction of sp³-hybridized carbons (Fsp3) is 0.533. The molecule has 0 saturated heterocycles. The summed E-state index contributed by atoms with van der Waals surface area (Å²) < 4.78 is 0. The van der Waals surface area contributed by atoms with Gasteiger partial charge in [0.05, 0.1) is 5.39 Å². The molecule has 2 heterocycles. The van der Waals surface area contributed by atoms with Gasteiger partial charge < -0.3 is 10.2 Å². The van der Waals surface area contributed by atoms with Gasteiger partial charge in [0.15, 0.2) is 0 Å². The van der Waals surface area contributed by atoms with Crippen molar-refractivity contribution in [3.05, 3.63) is 16.8 Å². The number of aromatic nitrogens is 2. The Balaban J connectivity index is 2.06.